The van der Waals surface area contributed by atoms with Crippen LogP contribution in [0.4, 0.5) is 5.69 Å². The molecule has 0 bridgehead atoms. The number of hydrogen-bond donors (Lipinski definition) is 2. The zero-order valence-electron chi connectivity index (χ0n) is 16.3. The van der Waals surface area contributed by atoms with Crippen LogP contribution >= 0.6 is 0 Å². The molecule has 7 heteroatoms. The summed E-state index contributed by atoms with van der Waals surface area (Å²) in [6.45, 7) is 0.416. The molecule has 1 aliphatic heterocycles. The number of nitrogens with one attached hydrogen (secondary N) is 2. The maximum atomic E-state index is 12.9. The van der Waals surface area contributed by atoms with E-state index in [1.807, 2.05) is 67.0 Å². The molecule has 1 unspecified atom stereocenters. The number of amides is 2. The lowest BCUT2D eigenvalue weighted by atomic mass is 10.1. The maximum Gasteiger partial charge on any atom is 0.247 e. The summed E-state index contributed by atoms with van der Waals surface area (Å²) in [6.07, 6.45) is 6.41. The van der Waals surface area contributed by atoms with E-state index in [0.29, 0.717) is 25.1 Å². The summed E-state index contributed by atoms with van der Waals surface area (Å²) >= 11 is 0. The van der Waals surface area contributed by atoms with Gasteiger partial charge in [-0.15, -0.1) is 0 Å². The smallest absolute Gasteiger partial charge is 0.247 e. The van der Waals surface area contributed by atoms with Crippen LogP contribution < -0.4 is 5.32 Å². The second-order valence-corrected chi connectivity index (χ2v) is 7.42. The first-order chi connectivity index (χ1) is 14.7. The highest BCUT2D eigenvalue weighted by Crippen LogP contribution is 2.26. The third-order valence-electron chi connectivity index (χ3n) is 5.55. The lowest BCUT2D eigenvalue weighted by Crippen LogP contribution is -2.41. The van der Waals surface area contributed by atoms with Gasteiger partial charge in [0.05, 0.1) is 5.69 Å². The Kier molecular flexibility index (Phi) is 4.55. The first-order valence-electron chi connectivity index (χ1n) is 9.94. The van der Waals surface area contributed by atoms with E-state index in [9.17, 15) is 9.59 Å². The van der Waals surface area contributed by atoms with Crippen molar-refractivity contribution in [2.24, 2.45) is 0 Å². The minimum Gasteiger partial charge on any atom is -0.361 e. The molecule has 0 aliphatic carbocycles. The molecule has 2 amide bonds. The third-order valence-corrected chi connectivity index (χ3v) is 5.55. The van der Waals surface area contributed by atoms with Gasteiger partial charge in [0.15, 0.2) is 0 Å². The number of anilines is 1. The Hall–Kier alpha value is -3.87. The highest BCUT2D eigenvalue weighted by Gasteiger charge is 2.36. The number of carbonyl (C=O) groups excluding carboxylic acids is 2. The summed E-state index contributed by atoms with van der Waals surface area (Å²) in [5.41, 5.74) is 3.65. The van der Waals surface area contributed by atoms with E-state index in [0.717, 1.165) is 22.2 Å². The summed E-state index contributed by atoms with van der Waals surface area (Å²) in [7, 11) is 0. The monoisotopic (exact) mass is 399 g/mol. The molecule has 7 nitrogen and oxygen atoms in total. The molecule has 1 aliphatic rings. The van der Waals surface area contributed by atoms with Gasteiger partial charge in [0.2, 0.25) is 11.8 Å². The lowest BCUT2D eigenvalue weighted by molar-refractivity contribution is -0.133. The minimum atomic E-state index is -0.475. The largest absolute Gasteiger partial charge is 0.361 e. The van der Waals surface area contributed by atoms with Gasteiger partial charge in [-0.3, -0.25) is 9.59 Å². The Balaban J connectivity index is 1.31. The van der Waals surface area contributed by atoms with Gasteiger partial charge in [0.25, 0.3) is 0 Å². The number of nitrogens with zero attached hydrogens (tertiary/aromatic N) is 3. The van der Waals surface area contributed by atoms with Crippen molar-refractivity contribution in [1.82, 2.24) is 19.7 Å². The van der Waals surface area contributed by atoms with Crippen molar-refractivity contribution in [2.45, 2.75) is 25.4 Å². The molecule has 0 radical (unpaired) electrons. The van der Waals surface area contributed by atoms with Gasteiger partial charge in [-0.25, -0.2) is 4.68 Å². The van der Waals surface area contributed by atoms with Crippen molar-refractivity contribution < 1.29 is 9.59 Å². The van der Waals surface area contributed by atoms with Gasteiger partial charge in [0.1, 0.15) is 6.04 Å². The molecule has 1 atom stereocenters. The van der Waals surface area contributed by atoms with Crippen LogP contribution in [-0.2, 0) is 16.1 Å². The van der Waals surface area contributed by atoms with E-state index >= 15 is 0 Å². The summed E-state index contributed by atoms with van der Waals surface area (Å²) in [5.74, 6) is -0.151. The zero-order chi connectivity index (χ0) is 20.5. The zero-order valence-corrected chi connectivity index (χ0v) is 16.3. The van der Waals surface area contributed by atoms with Gasteiger partial charge >= 0.3 is 0 Å². The van der Waals surface area contributed by atoms with Crippen molar-refractivity contribution in [3.63, 3.8) is 0 Å². The molecule has 0 saturated carbocycles. The number of aromatic nitrogens is 3. The molecule has 0 spiro atoms. The topological polar surface area (TPSA) is 83.0 Å². The lowest BCUT2D eigenvalue weighted by Gasteiger charge is -2.24. The highest BCUT2D eigenvalue weighted by atomic mass is 16.2. The normalized spacial score (nSPS) is 16.3. The molecular weight excluding hydrogens is 378 g/mol. The van der Waals surface area contributed by atoms with Crippen LogP contribution in [0.1, 0.15) is 18.4 Å². The maximum absolute atomic E-state index is 12.9. The molecule has 30 heavy (non-hydrogen) atoms. The second kappa shape index (κ2) is 7.51. The summed E-state index contributed by atoms with van der Waals surface area (Å²) in [5, 5.41) is 8.23. The van der Waals surface area contributed by atoms with Crippen LogP contribution in [0.2, 0.25) is 0 Å². The van der Waals surface area contributed by atoms with Crippen molar-refractivity contribution >= 4 is 28.4 Å². The first-order valence-corrected chi connectivity index (χ1v) is 9.94. The van der Waals surface area contributed by atoms with Gasteiger partial charge < -0.3 is 15.2 Å². The number of aromatic amines is 1. The average molecular weight is 399 g/mol. The van der Waals surface area contributed by atoms with Crippen molar-refractivity contribution in [3.05, 3.63) is 78.8 Å². The van der Waals surface area contributed by atoms with Crippen molar-refractivity contribution in [2.75, 3.05) is 5.32 Å². The fraction of sp³-hybridized carbons (Fsp3) is 0.174. The number of H-pyrrole nitrogens is 1. The van der Waals surface area contributed by atoms with Gasteiger partial charge in [-0.05, 0) is 48.4 Å². The molecule has 1 saturated heterocycles. The van der Waals surface area contributed by atoms with Crippen molar-refractivity contribution in [1.29, 1.82) is 0 Å². The second-order valence-electron chi connectivity index (χ2n) is 7.42. The predicted octanol–water partition coefficient (Wildman–Crippen LogP) is 3.48. The Morgan fingerprint density at radius 2 is 1.97 bits per heavy atom. The summed E-state index contributed by atoms with van der Waals surface area (Å²) in [4.78, 5) is 30.4. The van der Waals surface area contributed by atoms with Crippen LogP contribution in [0.15, 0.2) is 73.2 Å². The van der Waals surface area contributed by atoms with E-state index in [1.54, 1.807) is 15.8 Å². The molecule has 1 fully saturated rings. The van der Waals surface area contributed by atoms with Crippen LogP contribution in [0, 0.1) is 0 Å². The van der Waals surface area contributed by atoms with Crippen LogP contribution in [0.3, 0.4) is 0 Å². The number of para-hydroxylation sites is 1. The molecular formula is C23H21N5O2. The number of hydrogen-bond acceptors (Lipinski definition) is 3. The Morgan fingerprint density at radius 1 is 1.13 bits per heavy atom. The molecule has 5 rings (SSSR count). The number of likely N-dealkylation sites (tertiary alicyclic amines) is 1. The summed E-state index contributed by atoms with van der Waals surface area (Å²) < 4.78 is 1.75. The van der Waals surface area contributed by atoms with Crippen LogP contribution in [0.25, 0.3) is 16.6 Å². The quantitative estimate of drug-likeness (QED) is 0.539. The average Bonchev–Trinajstić information content (AvgIpc) is 3.51. The predicted molar refractivity (Wildman–Crippen MR) is 114 cm³/mol. The first kappa shape index (κ1) is 18.2. The standard InChI is InChI=1S/C23H21N5O2/c29-22-11-10-21(27(22)15-16-14-24-20-5-2-1-4-19(16)20)23(30)26-17-6-8-18(9-7-17)28-13-3-12-25-28/h1-9,12-14,21,24H,10-11,15H2,(H,26,30). The Morgan fingerprint density at radius 3 is 2.77 bits per heavy atom. The number of benzene rings is 2. The van der Waals surface area contributed by atoms with E-state index in [1.165, 1.54) is 0 Å². The number of fused-ring (bicyclic) bond motifs is 1. The number of rotatable bonds is 5. The van der Waals surface area contributed by atoms with Crippen LogP contribution in [0.5, 0.6) is 0 Å². The molecule has 2 N–H and O–H groups in total. The van der Waals surface area contributed by atoms with Gasteiger partial charge in [-0.1, -0.05) is 18.2 Å². The van der Waals surface area contributed by atoms with E-state index in [4.69, 9.17) is 0 Å². The number of carbonyl (C=O) groups is 2. The third kappa shape index (κ3) is 3.34. The highest BCUT2D eigenvalue weighted by molar-refractivity contribution is 5.99. The minimum absolute atomic E-state index is 0.00876. The molecule has 3 heterocycles. The molecule has 4 aromatic rings. The van der Waals surface area contributed by atoms with E-state index in [-0.39, 0.29) is 11.8 Å². The van der Waals surface area contributed by atoms with E-state index in [2.05, 4.69) is 15.4 Å². The fourth-order valence-electron chi connectivity index (χ4n) is 4.00. The summed E-state index contributed by atoms with van der Waals surface area (Å²) in [6, 6.07) is 16.8. The molecule has 150 valence electrons. The van der Waals surface area contributed by atoms with Crippen molar-refractivity contribution in [3.8, 4) is 5.69 Å². The fourth-order valence-corrected chi connectivity index (χ4v) is 4.00. The van der Waals surface area contributed by atoms with Gasteiger partial charge in [0, 0.05) is 48.1 Å². The molecule has 2 aromatic heterocycles. The SMILES string of the molecule is O=C(Nc1ccc(-n2cccn2)cc1)C1CCC(=O)N1Cc1c[nH]c2ccccc12. The van der Waals surface area contributed by atoms with Gasteiger partial charge in [-0.2, -0.15) is 5.10 Å². The Labute approximate surface area is 173 Å². The van der Waals surface area contributed by atoms with Crippen LogP contribution in [-0.4, -0.2) is 37.5 Å². The van der Waals surface area contributed by atoms with E-state index < -0.39 is 6.04 Å². The Bertz CT molecular complexity index is 1190. The molecule has 2 aromatic carbocycles.